The molecule has 0 heterocycles. The molecule has 110 valence electrons. The molecule has 0 spiro atoms. The average molecular weight is 348 g/mol. The maximum Gasteiger partial charge on any atom is 0.250 e. The van der Waals surface area contributed by atoms with Crippen molar-refractivity contribution >= 4 is 33.2 Å². The first-order chi connectivity index (χ1) is 10.0. The smallest absolute Gasteiger partial charge is 0.250 e. The van der Waals surface area contributed by atoms with Crippen molar-refractivity contribution in [3.05, 3.63) is 58.1 Å². The summed E-state index contributed by atoms with van der Waals surface area (Å²) in [6.45, 7) is 3.46. The van der Waals surface area contributed by atoms with Crippen molar-refractivity contribution in [2.24, 2.45) is 5.73 Å². The predicted molar refractivity (Wildman–Crippen MR) is 90.2 cm³/mol. The minimum atomic E-state index is -0.427. The molecule has 0 fully saturated rings. The molecule has 0 aromatic heterocycles. The molecule has 0 saturated carbocycles. The Balaban J connectivity index is 2.37. The lowest BCUT2D eigenvalue weighted by Crippen LogP contribution is -2.25. The molecule has 0 aliphatic rings. The van der Waals surface area contributed by atoms with Crippen LogP contribution in [0.4, 0.5) is 11.4 Å². The molecule has 0 radical (unpaired) electrons. The van der Waals surface area contributed by atoms with Crippen molar-refractivity contribution in [3.8, 4) is 0 Å². The first-order valence-electron chi connectivity index (χ1n) is 6.70. The molecule has 0 bridgehead atoms. The second-order valence-electron chi connectivity index (χ2n) is 4.78. The first-order valence-corrected chi connectivity index (χ1v) is 7.49. The van der Waals surface area contributed by atoms with Gasteiger partial charge < -0.3 is 16.4 Å². The Morgan fingerprint density at radius 3 is 2.62 bits per heavy atom. The maximum atomic E-state index is 11.6. The van der Waals surface area contributed by atoms with Gasteiger partial charge in [-0.1, -0.05) is 28.1 Å². The van der Waals surface area contributed by atoms with Crippen LogP contribution in [0.15, 0.2) is 46.9 Å². The van der Waals surface area contributed by atoms with Gasteiger partial charge in [-0.05, 0) is 42.8 Å². The Kier molecular flexibility index (Phi) is 4.85. The van der Waals surface area contributed by atoms with Crippen LogP contribution >= 0.6 is 15.9 Å². The summed E-state index contributed by atoms with van der Waals surface area (Å²) in [5.41, 5.74) is 14.4. The van der Waals surface area contributed by atoms with Crippen molar-refractivity contribution in [3.63, 3.8) is 0 Å². The molecular formula is C16H18BrN3O. The molecule has 0 aliphatic carbocycles. The maximum absolute atomic E-state index is 11.6. The highest BCUT2D eigenvalue weighted by Gasteiger charge is 2.14. The number of primary amides is 1. The van der Waals surface area contributed by atoms with E-state index < -0.39 is 5.91 Å². The number of benzene rings is 2. The Morgan fingerprint density at radius 2 is 2.00 bits per heavy atom. The summed E-state index contributed by atoms with van der Waals surface area (Å²) in [4.78, 5) is 13.7. The fourth-order valence-corrected chi connectivity index (χ4v) is 2.60. The Bertz CT molecular complexity index is 658. The minimum absolute atomic E-state index is 0.427. The van der Waals surface area contributed by atoms with E-state index in [2.05, 4.69) is 20.8 Å². The molecule has 0 unspecified atom stereocenters. The van der Waals surface area contributed by atoms with E-state index in [4.69, 9.17) is 11.5 Å². The fourth-order valence-electron chi connectivity index (χ4n) is 2.25. The molecule has 0 aliphatic heterocycles. The molecule has 2 aromatic rings. The lowest BCUT2D eigenvalue weighted by atomic mass is 10.1. The van der Waals surface area contributed by atoms with Gasteiger partial charge in [0.1, 0.15) is 0 Å². The van der Waals surface area contributed by atoms with Gasteiger partial charge in [0.2, 0.25) is 0 Å². The van der Waals surface area contributed by atoms with Crippen LogP contribution < -0.4 is 16.4 Å². The molecule has 4 nitrogen and oxygen atoms in total. The van der Waals surface area contributed by atoms with Crippen LogP contribution in [0.2, 0.25) is 0 Å². The molecule has 0 saturated heterocycles. The number of rotatable bonds is 5. The second kappa shape index (κ2) is 6.63. The molecule has 5 heteroatoms. The monoisotopic (exact) mass is 347 g/mol. The Morgan fingerprint density at radius 1 is 1.24 bits per heavy atom. The summed E-state index contributed by atoms with van der Waals surface area (Å²) in [7, 11) is 0. The van der Waals surface area contributed by atoms with Crippen molar-refractivity contribution in [1.29, 1.82) is 0 Å². The zero-order valence-electron chi connectivity index (χ0n) is 11.8. The zero-order chi connectivity index (χ0) is 15.4. The van der Waals surface area contributed by atoms with Crippen LogP contribution in [0.1, 0.15) is 22.8 Å². The third-order valence-electron chi connectivity index (χ3n) is 3.27. The van der Waals surface area contributed by atoms with Gasteiger partial charge in [-0.3, -0.25) is 4.79 Å². The summed E-state index contributed by atoms with van der Waals surface area (Å²) < 4.78 is 0.911. The molecule has 4 N–H and O–H groups in total. The van der Waals surface area contributed by atoms with Gasteiger partial charge in [-0.2, -0.15) is 0 Å². The minimum Gasteiger partial charge on any atom is -0.399 e. The van der Waals surface area contributed by atoms with E-state index in [1.807, 2.05) is 43.3 Å². The number of nitrogen functional groups attached to an aromatic ring is 1. The van der Waals surface area contributed by atoms with Crippen LogP contribution in [0.3, 0.4) is 0 Å². The van der Waals surface area contributed by atoms with Gasteiger partial charge in [0.25, 0.3) is 5.91 Å². The third kappa shape index (κ3) is 3.76. The van der Waals surface area contributed by atoms with Crippen LogP contribution in [0.5, 0.6) is 0 Å². The molecule has 1 amide bonds. The number of carbonyl (C=O) groups is 1. The molecule has 2 aromatic carbocycles. The SMILES string of the molecule is CCN(Cc1cccc(N)c1)c1cc(Br)ccc1C(N)=O. The molecular weight excluding hydrogens is 330 g/mol. The lowest BCUT2D eigenvalue weighted by molar-refractivity contribution is 0.100. The topological polar surface area (TPSA) is 72.3 Å². The molecule has 0 atom stereocenters. The van der Waals surface area contributed by atoms with Crippen molar-refractivity contribution in [1.82, 2.24) is 0 Å². The van der Waals surface area contributed by atoms with Crippen LogP contribution in [0.25, 0.3) is 0 Å². The third-order valence-corrected chi connectivity index (χ3v) is 3.77. The number of nitrogens with two attached hydrogens (primary N) is 2. The largest absolute Gasteiger partial charge is 0.399 e. The summed E-state index contributed by atoms with van der Waals surface area (Å²) >= 11 is 3.44. The van der Waals surface area contributed by atoms with E-state index in [1.165, 1.54) is 0 Å². The van der Waals surface area contributed by atoms with E-state index in [9.17, 15) is 4.79 Å². The normalized spacial score (nSPS) is 10.4. The van der Waals surface area contributed by atoms with E-state index in [0.29, 0.717) is 12.1 Å². The van der Waals surface area contributed by atoms with Crippen molar-refractivity contribution in [2.45, 2.75) is 13.5 Å². The number of anilines is 2. The summed E-state index contributed by atoms with van der Waals surface area (Å²) in [5, 5.41) is 0. The quantitative estimate of drug-likeness (QED) is 0.816. The van der Waals surface area contributed by atoms with E-state index >= 15 is 0 Å². The van der Waals surface area contributed by atoms with Gasteiger partial charge in [-0.25, -0.2) is 0 Å². The Hall–Kier alpha value is -2.01. The van der Waals surface area contributed by atoms with E-state index in [1.54, 1.807) is 6.07 Å². The Labute approximate surface area is 132 Å². The van der Waals surface area contributed by atoms with E-state index in [-0.39, 0.29) is 0 Å². The molecule has 2 rings (SSSR count). The second-order valence-corrected chi connectivity index (χ2v) is 5.70. The van der Waals surface area contributed by atoms with Crippen molar-refractivity contribution < 1.29 is 4.79 Å². The van der Waals surface area contributed by atoms with Crippen LogP contribution in [-0.2, 0) is 6.54 Å². The van der Waals surface area contributed by atoms with Gasteiger partial charge in [-0.15, -0.1) is 0 Å². The number of carbonyl (C=O) groups excluding carboxylic acids is 1. The first kappa shape index (κ1) is 15.4. The van der Waals surface area contributed by atoms with Gasteiger partial charge in [0, 0.05) is 23.2 Å². The number of nitrogens with zero attached hydrogens (tertiary/aromatic N) is 1. The van der Waals surface area contributed by atoms with E-state index in [0.717, 1.165) is 28.0 Å². The number of hydrogen-bond donors (Lipinski definition) is 2. The average Bonchev–Trinajstić information content (AvgIpc) is 2.44. The number of halogens is 1. The zero-order valence-corrected chi connectivity index (χ0v) is 13.4. The number of amides is 1. The highest BCUT2D eigenvalue weighted by atomic mass is 79.9. The summed E-state index contributed by atoms with van der Waals surface area (Å²) in [6.07, 6.45) is 0. The van der Waals surface area contributed by atoms with Crippen LogP contribution in [-0.4, -0.2) is 12.5 Å². The standard InChI is InChI=1S/C16H18BrN3O/c1-2-20(10-11-4-3-5-13(18)8-11)15-9-12(17)6-7-14(15)16(19)21/h3-9H,2,10,18H2,1H3,(H2,19,21). The van der Waals surface area contributed by atoms with Crippen LogP contribution in [0, 0.1) is 0 Å². The van der Waals surface area contributed by atoms with Crippen molar-refractivity contribution in [2.75, 3.05) is 17.2 Å². The highest BCUT2D eigenvalue weighted by molar-refractivity contribution is 9.10. The van der Waals surface area contributed by atoms with Gasteiger partial charge in [0.05, 0.1) is 11.3 Å². The fraction of sp³-hybridized carbons (Fsp3) is 0.188. The predicted octanol–water partition coefficient (Wildman–Crippen LogP) is 3.16. The highest BCUT2D eigenvalue weighted by Crippen LogP contribution is 2.26. The van der Waals surface area contributed by atoms with Gasteiger partial charge >= 0.3 is 0 Å². The lowest BCUT2D eigenvalue weighted by Gasteiger charge is -2.25. The molecule has 21 heavy (non-hydrogen) atoms. The van der Waals surface area contributed by atoms with Gasteiger partial charge in [0.15, 0.2) is 0 Å². The number of hydrogen-bond acceptors (Lipinski definition) is 3. The summed E-state index contributed by atoms with van der Waals surface area (Å²) in [6, 6.07) is 13.2. The summed E-state index contributed by atoms with van der Waals surface area (Å²) in [5.74, 6) is -0.427.